The first-order valence-corrected chi connectivity index (χ1v) is 6.59. The number of benzene rings is 3. The van der Waals surface area contributed by atoms with E-state index in [4.69, 9.17) is 4.74 Å². The number of hydrogen-bond donors (Lipinski definition) is 2. The van der Waals surface area contributed by atoms with E-state index < -0.39 is 0 Å². The second-order valence-corrected chi connectivity index (χ2v) is 4.59. The van der Waals surface area contributed by atoms with Crippen LogP contribution < -0.4 is 4.74 Å². The van der Waals surface area contributed by atoms with Crippen LogP contribution in [0.25, 0.3) is 11.1 Å². The number of phenolic OH excluding ortho intramolecular Hbond substituents is 2. The Morgan fingerprint density at radius 1 is 0.667 bits per heavy atom. The molecule has 0 aliphatic heterocycles. The summed E-state index contributed by atoms with van der Waals surface area (Å²) in [5.41, 5.74) is 1.62. The summed E-state index contributed by atoms with van der Waals surface area (Å²) in [6, 6.07) is 21.9. The highest BCUT2D eigenvalue weighted by atomic mass is 16.5. The summed E-state index contributed by atoms with van der Waals surface area (Å²) in [6.07, 6.45) is 0. The van der Waals surface area contributed by atoms with Gasteiger partial charge in [-0.25, -0.2) is 0 Å². The molecule has 0 amide bonds. The zero-order valence-corrected chi connectivity index (χ0v) is 11.2. The summed E-state index contributed by atoms with van der Waals surface area (Å²) in [5, 5.41) is 19.8. The molecule has 3 rings (SSSR count). The Kier molecular flexibility index (Phi) is 3.48. The van der Waals surface area contributed by atoms with Crippen molar-refractivity contribution < 1.29 is 14.9 Å². The number of aromatic hydroxyl groups is 2. The average molecular weight is 278 g/mol. The maximum atomic E-state index is 10.1. The van der Waals surface area contributed by atoms with Crippen molar-refractivity contribution in [2.75, 3.05) is 0 Å². The number of hydrogen-bond acceptors (Lipinski definition) is 3. The van der Waals surface area contributed by atoms with Gasteiger partial charge in [0.2, 0.25) is 5.75 Å². The molecule has 3 nitrogen and oxygen atoms in total. The molecule has 3 aromatic rings. The van der Waals surface area contributed by atoms with Crippen LogP contribution in [0.1, 0.15) is 0 Å². The highest BCUT2D eigenvalue weighted by molar-refractivity contribution is 5.76. The molecule has 3 heteroatoms. The molecular weight excluding hydrogens is 264 g/mol. The highest BCUT2D eigenvalue weighted by Crippen LogP contribution is 2.44. The lowest BCUT2D eigenvalue weighted by Crippen LogP contribution is -1.89. The molecule has 0 aromatic heterocycles. The van der Waals surface area contributed by atoms with E-state index in [-0.39, 0.29) is 17.2 Å². The van der Waals surface area contributed by atoms with E-state index >= 15 is 0 Å². The lowest BCUT2D eigenvalue weighted by atomic mass is 10.0. The molecule has 0 atom stereocenters. The van der Waals surface area contributed by atoms with Crippen LogP contribution in [-0.2, 0) is 0 Å². The first-order chi connectivity index (χ1) is 10.3. The van der Waals surface area contributed by atoms with Gasteiger partial charge in [0.1, 0.15) is 5.75 Å². The Balaban J connectivity index is 2.11. The van der Waals surface area contributed by atoms with Crippen LogP contribution in [0.3, 0.4) is 0 Å². The SMILES string of the molecule is Oc1ccc(-c2ccccc2)c(Oc2ccccc2)c1O. The molecule has 0 saturated heterocycles. The van der Waals surface area contributed by atoms with Crippen LogP contribution in [0.15, 0.2) is 72.8 Å². The fourth-order valence-corrected chi connectivity index (χ4v) is 2.12. The zero-order valence-electron chi connectivity index (χ0n) is 11.2. The van der Waals surface area contributed by atoms with Crippen molar-refractivity contribution in [2.24, 2.45) is 0 Å². The van der Waals surface area contributed by atoms with Crippen molar-refractivity contribution in [3.05, 3.63) is 72.8 Å². The van der Waals surface area contributed by atoms with Crippen LogP contribution in [-0.4, -0.2) is 10.2 Å². The maximum absolute atomic E-state index is 10.1. The van der Waals surface area contributed by atoms with Crippen molar-refractivity contribution in [2.45, 2.75) is 0 Å². The van der Waals surface area contributed by atoms with Crippen LogP contribution in [0, 0.1) is 0 Å². The Morgan fingerprint density at radius 2 is 1.29 bits per heavy atom. The largest absolute Gasteiger partial charge is 0.504 e. The van der Waals surface area contributed by atoms with Crippen molar-refractivity contribution in [1.82, 2.24) is 0 Å². The summed E-state index contributed by atoms with van der Waals surface area (Å²) in [4.78, 5) is 0. The number of ether oxygens (including phenoxy) is 1. The lowest BCUT2D eigenvalue weighted by Gasteiger charge is -2.14. The van der Waals surface area contributed by atoms with Gasteiger partial charge >= 0.3 is 0 Å². The Bertz CT molecular complexity index is 737. The number of phenols is 2. The Morgan fingerprint density at radius 3 is 1.95 bits per heavy atom. The minimum atomic E-state index is -0.264. The second kappa shape index (κ2) is 5.59. The predicted molar refractivity (Wildman–Crippen MR) is 81.7 cm³/mol. The first kappa shape index (κ1) is 13.1. The number of rotatable bonds is 3. The molecule has 0 bridgehead atoms. The smallest absolute Gasteiger partial charge is 0.201 e. The molecule has 3 aromatic carbocycles. The molecule has 104 valence electrons. The third-order valence-electron chi connectivity index (χ3n) is 3.16. The van der Waals surface area contributed by atoms with Gasteiger partial charge in [0.25, 0.3) is 0 Å². The lowest BCUT2D eigenvalue weighted by molar-refractivity contribution is 0.374. The molecular formula is C18H14O3. The van der Waals surface area contributed by atoms with E-state index in [2.05, 4.69) is 0 Å². The van der Waals surface area contributed by atoms with Gasteiger partial charge in [-0.1, -0.05) is 48.5 Å². The van der Waals surface area contributed by atoms with Gasteiger partial charge in [0.05, 0.1) is 0 Å². The van der Waals surface area contributed by atoms with Crippen LogP contribution in [0.4, 0.5) is 0 Å². The van der Waals surface area contributed by atoms with Gasteiger partial charge in [-0.3, -0.25) is 0 Å². The van der Waals surface area contributed by atoms with Crippen LogP contribution >= 0.6 is 0 Å². The van der Waals surface area contributed by atoms with Gasteiger partial charge in [-0.05, 0) is 29.8 Å². The molecule has 21 heavy (non-hydrogen) atoms. The van der Waals surface area contributed by atoms with Gasteiger partial charge in [0.15, 0.2) is 11.5 Å². The third kappa shape index (κ3) is 2.67. The van der Waals surface area contributed by atoms with E-state index in [9.17, 15) is 10.2 Å². The molecule has 0 radical (unpaired) electrons. The van der Waals surface area contributed by atoms with E-state index in [0.29, 0.717) is 5.75 Å². The second-order valence-electron chi connectivity index (χ2n) is 4.59. The Labute approximate surface area is 122 Å². The van der Waals surface area contributed by atoms with E-state index in [1.54, 1.807) is 18.2 Å². The highest BCUT2D eigenvalue weighted by Gasteiger charge is 2.16. The van der Waals surface area contributed by atoms with E-state index in [1.165, 1.54) is 6.07 Å². The van der Waals surface area contributed by atoms with Gasteiger partial charge in [-0.2, -0.15) is 0 Å². The monoisotopic (exact) mass is 278 g/mol. The summed E-state index contributed by atoms with van der Waals surface area (Å²) in [6.45, 7) is 0. The molecule has 0 unspecified atom stereocenters. The summed E-state index contributed by atoms with van der Waals surface area (Å²) < 4.78 is 5.77. The molecule has 0 fully saturated rings. The molecule has 0 saturated carbocycles. The fraction of sp³-hybridized carbons (Fsp3) is 0. The number of para-hydroxylation sites is 1. The first-order valence-electron chi connectivity index (χ1n) is 6.59. The summed E-state index contributed by atoms with van der Waals surface area (Å²) in [7, 11) is 0. The maximum Gasteiger partial charge on any atom is 0.201 e. The van der Waals surface area contributed by atoms with Crippen molar-refractivity contribution >= 4 is 0 Å². The normalized spacial score (nSPS) is 10.3. The average Bonchev–Trinajstić information content (AvgIpc) is 2.54. The van der Waals surface area contributed by atoms with Gasteiger partial charge < -0.3 is 14.9 Å². The molecule has 0 spiro atoms. The van der Waals surface area contributed by atoms with Crippen molar-refractivity contribution in [3.8, 4) is 34.1 Å². The van der Waals surface area contributed by atoms with E-state index in [1.807, 2.05) is 48.5 Å². The standard InChI is InChI=1S/C18H14O3/c19-16-12-11-15(13-7-3-1-4-8-13)18(17(16)20)21-14-9-5-2-6-10-14/h1-12,19-20H. The minimum absolute atomic E-state index is 0.208. The molecule has 0 aliphatic rings. The van der Waals surface area contributed by atoms with Crippen LogP contribution in [0.5, 0.6) is 23.0 Å². The molecule has 0 heterocycles. The summed E-state index contributed by atoms with van der Waals surface area (Å²) >= 11 is 0. The van der Waals surface area contributed by atoms with Gasteiger partial charge in [-0.15, -0.1) is 0 Å². The van der Waals surface area contributed by atoms with E-state index in [0.717, 1.165) is 11.1 Å². The molecule has 2 N–H and O–H groups in total. The van der Waals surface area contributed by atoms with Crippen molar-refractivity contribution in [3.63, 3.8) is 0 Å². The van der Waals surface area contributed by atoms with Crippen molar-refractivity contribution in [1.29, 1.82) is 0 Å². The summed E-state index contributed by atoms with van der Waals surface area (Å²) in [5.74, 6) is 0.365. The minimum Gasteiger partial charge on any atom is -0.504 e. The third-order valence-corrected chi connectivity index (χ3v) is 3.16. The topological polar surface area (TPSA) is 49.7 Å². The van der Waals surface area contributed by atoms with Gasteiger partial charge in [0, 0.05) is 5.56 Å². The zero-order chi connectivity index (χ0) is 14.7. The Hall–Kier alpha value is -2.94. The van der Waals surface area contributed by atoms with Crippen LogP contribution in [0.2, 0.25) is 0 Å². The quantitative estimate of drug-likeness (QED) is 0.691. The fourth-order valence-electron chi connectivity index (χ4n) is 2.12. The molecule has 0 aliphatic carbocycles. The predicted octanol–water partition coefficient (Wildman–Crippen LogP) is 4.56.